The highest BCUT2D eigenvalue weighted by Gasteiger charge is 2.72. The maximum atomic E-state index is 14.6. The van der Waals surface area contributed by atoms with Crippen LogP contribution in [0.5, 0.6) is 5.75 Å². The van der Waals surface area contributed by atoms with Crippen LogP contribution in [0, 0.1) is 0 Å². The molecular weight excluding hydrogens is 452 g/mol. The largest absolute Gasteiger partial charge is 0.497 e. The van der Waals surface area contributed by atoms with Gasteiger partial charge in [0.05, 0.1) is 18.5 Å². The van der Waals surface area contributed by atoms with E-state index in [4.69, 9.17) is 9.57 Å². The molecule has 0 unspecified atom stereocenters. The van der Waals surface area contributed by atoms with Gasteiger partial charge in [0, 0.05) is 0 Å². The van der Waals surface area contributed by atoms with Crippen molar-refractivity contribution >= 4 is 23.2 Å². The molecule has 36 heavy (non-hydrogen) atoms. The third kappa shape index (κ3) is 3.15. The Kier molecular flexibility index (Phi) is 5.31. The molecule has 4 aromatic carbocycles. The average Bonchev–Trinajstić information content (AvgIpc) is 3.41. The van der Waals surface area contributed by atoms with Crippen molar-refractivity contribution in [3.63, 3.8) is 0 Å². The first-order chi connectivity index (χ1) is 17.7. The van der Waals surface area contributed by atoms with E-state index in [2.05, 4.69) is 0 Å². The predicted molar refractivity (Wildman–Crippen MR) is 137 cm³/mol. The molecule has 2 saturated heterocycles. The van der Waals surface area contributed by atoms with E-state index in [1.54, 1.807) is 36.4 Å². The molecule has 6 heteroatoms. The molecule has 0 radical (unpaired) electrons. The van der Waals surface area contributed by atoms with Gasteiger partial charge >= 0.3 is 0 Å². The van der Waals surface area contributed by atoms with Gasteiger partial charge in [-0.25, -0.2) is 9.96 Å². The van der Waals surface area contributed by atoms with Crippen LogP contribution < -0.4 is 14.7 Å². The second-order valence-corrected chi connectivity index (χ2v) is 8.87. The maximum Gasteiger partial charge on any atom is 0.267 e. The average molecular weight is 477 g/mol. The molecule has 0 N–H and O–H groups in total. The van der Waals surface area contributed by atoms with E-state index in [1.165, 1.54) is 4.90 Å². The summed E-state index contributed by atoms with van der Waals surface area (Å²) in [5, 5.41) is 1.73. The summed E-state index contributed by atoms with van der Waals surface area (Å²) < 4.78 is 5.27. The summed E-state index contributed by atoms with van der Waals surface area (Å²) in [6.07, 6.45) is -1.04. The summed E-state index contributed by atoms with van der Waals surface area (Å²) in [6, 6.07) is 35.2. The molecule has 4 aromatic rings. The van der Waals surface area contributed by atoms with Crippen LogP contribution in [0.1, 0.15) is 17.2 Å². The van der Waals surface area contributed by atoms with Crippen LogP contribution in [0.25, 0.3) is 0 Å². The minimum absolute atomic E-state index is 0.318. The SMILES string of the molecule is COc1ccc(N2C(=O)[C@H]3ON(c4ccccc4)[C@@H](c4ccccc4)[C@]3(c3ccccc3)C2=O)cc1. The number of hydrogen-bond acceptors (Lipinski definition) is 5. The number of fused-ring (bicyclic) bond motifs is 1. The second kappa shape index (κ2) is 8.66. The van der Waals surface area contributed by atoms with E-state index in [1.807, 2.05) is 91.0 Å². The second-order valence-electron chi connectivity index (χ2n) is 8.87. The summed E-state index contributed by atoms with van der Waals surface area (Å²) >= 11 is 0. The molecule has 2 amide bonds. The monoisotopic (exact) mass is 476 g/mol. The van der Waals surface area contributed by atoms with Gasteiger partial charge in [-0.1, -0.05) is 78.9 Å². The summed E-state index contributed by atoms with van der Waals surface area (Å²) in [4.78, 5) is 36.3. The van der Waals surface area contributed by atoms with Crippen molar-refractivity contribution in [1.82, 2.24) is 0 Å². The number of nitrogens with zero attached hydrogens (tertiary/aromatic N) is 2. The fourth-order valence-corrected chi connectivity index (χ4v) is 5.40. The topological polar surface area (TPSA) is 59.1 Å². The van der Waals surface area contributed by atoms with Gasteiger partial charge in [0.25, 0.3) is 5.91 Å². The van der Waals surface area contributed by atoms with Gasteiger partial charge in [0.1, 0.15) is 17.2 Å². The lowest BCUT2D eigenvalue weighted by Gasteiger charge is -2.35. The smallest absolute Gasteiger partial charge is 0.267 e. The first-order valence-electron chi connectivity index (χ1n) is 11.8. The van der Waals surface area contributed by atoms with Crippen molar-refractivity contribution in [1.29, 1.82) is 0 Å². The number of rotatable bonds is 5. The highest BCUT2D eigenvalue weighted by atomic mass is 16.7. The molecule has 2 fully saturated rings. The summed E-state index contributed by atoms with van der Waals surface area (Å²) in [5.74, 6) is -0.0704. The van der Waals surface area contributed by atoms with Crippen molar-refractivity contribution in [2.24, 2.45) is 0 Å². The molecular formula is C30H24N2O4. The van der Waals surface area contributed by atoms with E-state index in [0.29, 0.717) is 11.4 Å². The number of methoxy groups -OCH3 is 1. The number of carbonyl (C=O) groups excluding carboxylic acids is 2. The molecule has 0 bridgehead atoms. The van der Waals surface area contributed by atoms with Crippen LogP contribution in [0.4, 0.5) is 11.4 Å². The zero-order chi connectivity index (χ0) is 24.7. The van der Waals surface area contributed by atoms with Gasteiger partial charge in [0.15, 0.2) is 6.10 Å². The van der Waals surface area contributed by atoms with Crippen molar-refractivity contribution in [2.45, 2.75) is 17.6 Å². The van der Waals surface area contributed by atoms with Gasteiger partial charge in [-0.2, -0.15) is 0 Å². The number of benzene rings is 4. The molecule has 0 saturated carbocycles. The Balaban J connectivity index is 1.59. The molecule has 2 aliphatic rings. The lowest BCUT2D eigenvalue weighted by molar-refractivity contribution is -0.126. The molecule has 0 spiro atoms. The number of imide groups is 1. The van der Waals surface area contributed by atoms with E-state index < -0.39 is 23.5 Å². The van der Waals surface area contributed by atoms with Crippen LogP contribution in [0.15, 0.2) is 115 Å². The predicted octanol–water partition coefficient (Wildman–Crippen LogP) is 5.07. The number of amides is 2. The maximum absolute atomic E-state index is 14.6. The molecule has 2 heterocycles. The van der Waals surface area contributed by atoms with Gasteiger partial charge in [-0.3, -0.25) is 14.4 Å². The molecule has 0 aromatic heterocycles. The van der Waals surface area contributed by atoms with Crippen molar-refractivity contribution in [2.75, 3.05) is 17.1 Å². The van der Waals surface area contributed by atoms with E-state index in [-0.39, 0.29) is 5.91 Å². The zero-order valence-electron chi connectivity index (χ0n) is 19.7. The zero-order valence-corrected chi connectivity index (χ0v) is 19.7. The summed E-state index contributed by atoms with van der Waals surface area (Å²) in [7, 11) is 1.58. The van der Waals surface area contributed by atoms with Gasteiger partial charge in [0.2, 0.25) is 5.91 Å². The van der Waals surface area contributed by atoms with Gasteiger partial charge < -0.3 is 4.74 Å². The van der Waals surface area contributed by atoms with Crippen molar-refractivity contribution < 1.29 is 19.2 Å². The summed E-state index contributed by atoms with van der Waals surface area (Å²) in [5.41, 5.74) is 1.57. The molecule has 2 aliphatic heterocycles. The fourth-order valence-electron chi connectivity index (χ4n) is 5.40. The third-order valence-corrected chi connectivity index (χ3v) is 7.01. The molecule has 6 rings (SSSR count). The van der Waals surface area contributed by atoms with E-state index in [9.17, 15) is 9.59 Å². The number of hydrogen-bond donors (Lipinski definition) is 0. The van der Waals surface area contributed by atoms with Crippen LogP contribution in [0.3, 0.4) is 0 Å². The van der Waals surface area contributed by atoms with Crippen LogP contribution in [-0.2, 0) is 19.8 Å². The third-order valence-electron chi connectivity index (χ3n) is 7.01. The molecule has 178 valence electrons. The standard InChI is InChI=1S/C30H24N2O4/c1-35-25-19-17-23(18-20-25)31-28(33)27-30(29(31)34,22-13-7-3-8-14-22)26(21-11-5-2-6-12-21)32(36-27)24-15-9-4-10-16-24/h2-20,26-27H,1H3/t26-,27+,30-/m0/s1. The molecule has 0 aliphatic carbocycles. The number of ether oxygens (including phenoxy) is 1. The van der Waals surface area contributed by atoms with E-state index >= 15 is 0 Å². The first-order valence-corrected chi connectivity index (χ1v) is 11.8. The normalized spacial score (nSPS) is 23.1. The van der Waals surface area contributed by atoms with E-state index in [0.717, 1.165) is 16.8 Å². The minimum atomic E-state index is -1.30. The highest BCUT2D eigenvalue weighted by molar-refractivity contribution is 6.28. The number of carbonyl (C=O) groups is 2. The minimum Gasteiger partial charge on any atom is -0.497 e. The lowest BCUT2D eigenvalue weighted by Crippen LogP contribution is -2.46. The van der Waals surface area contributed by atoms with Crippen molar-refractivity contribution in [3.05, 3.63) is 126 Å². The Morgan fingerprint density at radius 1 is 0.722 bits per heavy atom. The highest BCUT2D eigenvalue weighted by Crippen LogP contribution is 2.57. The van der Waals surface area contributed by atoms with Gasteiger partial charge in [-0.05, 0) is 47.5 Å². The van der Waals surface area contributed by atoms with Crippen LogP contribution >= 0.6 is 0 Å². The van der Waals surface area contributed by atoms with Crippen LogP contribution in [0.2, 0.25) is 0 Å². The fraction of sp³-hybridized carbons (Fsp3) is 0.133. The Bertz CT molecular complexity index is 1390. The number of anilines is 2. The quantitative estimate of drug-likeness (QED) is 0.377. The Morgan fingerprint density at radius 2 is 1.31 bits per heavy atom. The number of hydroxylamine groups is 1. The first kappa shape index (κ1) is 22.1. The van der Waals surface area contributed by atoms with Crippen molar-refractivity contribution in [3.8, 4) is 5.75 Å². The Hall–Kier alpha value is -4.42. The molecule has 3 atom stereocenters. The summed E-state index contributed by atoms with van der Waals surface area (Å²) in [6.45, 7) is 0. The lowest BCUT2D eigenvalue weighted by atomic mass is 9.69. The van der Waals surface area contributed by atoms with Gasteiger partial charge in [-0.15, -0.1) is 0 Å². The Labute approximate surface area is 209 Å². The van der Waals surface area contributed by atoms with Crippen LogP contribution in [-0.4, -0.2) is 25.0 Å². The molecule has 6 nitrogen and oxygen atoms in total. The number of para-hydroxylation sites is 1. The Morgan fingerprint density at radius 3 is 1.92 bits per heavy atom.